The number of nitrogens with one attached hydrogen (secondary N) is 1. The first-order valence-electron chi connectivity index (χ1n) is 6.98. The maximum Gasteiger partial charge on any atom is 0.330 e. The van der Waals surface area contributed by atoms with Gasteiger partial charge in [0.1, 0.15) is 12.2 Å². The van der Waals surface area contributed by atoms with Gasteiger partial charge in [-0.3, -0.25) is 14.3 Å². The minimum absolute atomic E-state index is 0.117. The number of rotatable bonds is 6. The molecule has 1 aromatic rings. The number of aromatic nitrogens is 2. The zero-order valence-electron chi connectivity index (χ0n) is 12.7. The third kappa shape index (κ3) is 3.37. The largest absolute Gasteiger partial charge is 0.394 e. The van der Waals surface area contributed by atoms with Crippen molar-refractivity contribution < 1.29 is 29.5 Å². The molecule has 0 unspecified atom stereocenters. The Morgan fingerprint density at radius 3 is 2.78 bits per heavy atom. The van der Waals surface area contributed by atoms with E-state index in [1.165, 1.54) is 7.11 Å². The van der Waals surface area contributed by atoms with Gasteiger partial charge >= 0.3 is 5.69 Å². The molecule has 130 valence electrons. The molecule has 0 aliphatic carbocycles. The SMILES string of the molecule is COC[C@@H](C)O[C@@]1(O)[C@H](O)[C@@H](CO)O[C@H]1n1ccc(=O)[nH]c1=O. The lowest BCUT2D eigenvalue weighted by molar-refractivity contribution is -0.298. The standard InChI is InChI=1S/C13H20N2O8/c1-7(6-21-2)23-13(20)10(18)8(5-16)22-11(13)15-4-3-9(17)14-12(15)19/h3-4,7-8,10-11,16,18,20H,5-6H2,1-2H3,(H,14,17,19)/t7-,8-,10-,11-,13+/m1/s1. The Bertz CT molecular complexity index is 643. The number of ether oxygens (including phenoxy) is 3. The van der Waals surface area contributed by atoms with Gasteiger partial charge in [0.25, 0.3) is 5.56 Å². The highest BCUT2D eigenvalue weighted by molar-refractivity contribution is 4.98. The van der Waals surface area contributed by atoms with E-state index in [2.05, 4.69) is 0 Å². The molecule has 2 heterocycles. The molecule has 0 spiro atoms. The topological polar surface area (TPSA) is 143 Å². The number of methoxy groups -OCH3 is 1. The first kappa shape index (κ1) is 17.8. The van der Waals surface area contributed by atoms with Crippen molar-refractivity contribution >= 4 is 0 Å². The normalized spacial score (nSPS) is 32.1. The first-order valence-corrected chi connectivity index (χ1v) is 6.98. The van der Waals surface area contributed by atoms with Gasteiger partial charge in [-0.25, -0.2) is 4.79 Å². The predicted octanol–water partition coefficient (Wildman–Crippen LogP) is -2.47. The van der Waals surface area contributed by atoms with Gasteiger partial charge in [-0.2, -0.15) is 0 Å². The molecule has 4 N–H and O–H groups in total. The van der Waals surface area contributed by atoms with E-state index in [1.54, 1.807) is 6.92 Å². The van der Waals surface area contributed by atoms with Crippen LogP contribution in [0.3, 0.4) is 0 Å². The highest BCUT2D eigenvalue weighted by atomic mass is 16.7. The van der Waals surface area contributed by atoms with E-state index in [4.69, 9.17) is 14.2 Å². The molecular formula is C13H20N2O8. The summed E-state index contributed by atoms with van der Waals surface area (Å²) in [6.07, 6.45) is -3.78. The Morgan fingerprint density at radius 2 is 2.22 bits per heavy atom. The monoisotopic (exact) mass is 332 g/mol. The van der Waals surface area contributed by atoms with Gasteiger partial charge in [0.15, 0.2) is 6.23 Å². The highest BCUT2D eigenvalue weighted by Gasteiger charge is 2.58. The van der Waals surface area contributed by atoms with Gasteiger partial charge in [-0.05, 0) is 6.92 Å². The Hall–Kier alpha value is -1.56. The smallest absolute Gasteiger partial charge is 0.330 e. The molecule has 0 saturated carbocycles. The zero-order valence-corrected chi connectivity index (χ0v) is 12.7. The van der Waals surface area contributed by atoms with Crippen molar-refractivity contribution in [2.24, 2.45) is 0 Å². The second-order valence-corrected chi connectivity index (χ2v) is 5.31. The summed E-state index contributed by atoms with van der Waals surface area (Å²) in [5.74, 6) is -2.31. The van der Waals surface area contributed by atoms with Gasteiger partial charge in [-0.15, -0.1) is 0 Å². The fourth-order valence-electron chi connectivity index (χ4n) is 2.49. The quantitative estimate of drug-likeness (QED) is 0.420. The summed E-state index contributed by atoms with van der Waals surface area (Å²) in [7, 11) is 1.44. The molecule has 5 atom stereocenters. The molecule has 2 rings (SSSR count). The number of H-pyrrole nitrogens is 1. The Morgan fingerprint density at radius 1 is 1.52 bits per heavy atom. The summed E-state index contributed by atoms with van der Waals surface area (Å²) < 4.78 is 16.6. The number of aromatic amines is 1. The number of hydrogen-bond donors (Lipinski definition) is 4. The van der Waals surface area contributed by atoms with Crippen LogP contribution < -0.4 is 11.2 Å². The minimum Gasteiger partial charge on any atom is -0.394 e. The van der Waals surface area contributed by atoms with Crippen molar-refractivity contribution in [1.82, 2.24) is 9.55 Å². The van der Waals surface area contributed by atoms with Crippen LogP contribution in [0.25, 0.3) is 0 Å². The lowest BCUT2D eigenvalue weighted by atomic mass is 10.1. The summed E-state index contributed by atoms with van der Waals surface area (Å²) in [4.78, 5) is 25.1. The van der Waals surface area contributed by atoms with Crippen molar-refractivity contribution in [1.29, 1.82) is 0 Å². The van der Waals surface area contributed by atoms with E-state index in [0.717, 1.165) is 16.8 Å². The number of aliphatic hydroxyl groups excluding tert-OH is 2. The van der Waals surface area contributed by atoms with Crippen LogP contribution in [0.2, 0.25) is 0 Å². The van der Waals surface area contributed by atoms with E-state index in [9.17, 15) is 24.9 Å². The van der Waals surface area contributed by atoms with E-state index < -0.39 is 48.2 Å². The van der Waals surface area contributed by atoms with Crippen LogP contribution in [-0.4, -0.2) is 69.3 Å². The maximum absolute atomic E-state index is 11.9. The molecule has 10 nitrogen and oxygen atoms in total. The van der Waals surface area contributed by atoms with Crippen LogP contribution in [0, 0.1) is 0 Å². The number of aliphatic hydroxyl groups is 3. The molecule has 23 heavy (non-hydrogen) atoms. The van der Waals surface area contributed by atoms with Crippen molar-refractivity contribution in [3.63, 3.8) is 0 Å². The molecule has 1 aliphatic rings. The summed E-state index contributed by atoms with van der Waals surface area (Å²) >= 11 is 0. The average Bonchev–Trinajstić information content (AvgIpc) is 2.71. The van der Waals surface area contributed by atoms with Crippen LogP contribution >= 0.6 is 0 Å². The molecule has 0 amide bonds. The molecule has 0 aromatic carbocycles. The molecule has 10 heteroatoms. The second kappa shape index (κ2) is 6.91. The summed E-state index contributed by atoms with van der Waals surface area (Å²) in [5, 5.41) is 30.2. The molecule has 1 fully saturated rings. The minimum atomic E-state index is -2.31. The fourth-order valence-corrected chi connectivity index (χ4v) is 2.49. The second-order valence-electron chi connectivity index (χ2n) is 5.31. The third-order valence-electron chi connectivity index (χ3n) is 3.51. The van der Waals surface area contributed by atoms with E-state index in [-0.39, 0.29) is 6.61 Å². The highest BCUT2D eigenvalue weighted by Crippen LogP contribution is 2.39. The molecule has 0 radical (unpaired) electrons. The molecule has 1 aliphatic heterocycles. The first-order chi connectivity index (χ1) is 10.8. The van der Waals surface area contributed by atoms with E-state index >= 15 is 0 Å². The van der Waals surface area contributed by atoms with Crippen molar-refractivity contribution in [2.45, 2.75) is 37.3 Å². The van der Waals surface area contributed by atoms with Gasteiger partial charge in [0.05, 0.1) is 19.3 Å². The Kier molecular flexibility index (Phi) is 5.34. The van der Waals surface area contributed by atoms with Crippen molar-refractivity contribution in [2.75, 3.05) is 20.3 Å². The number of hydrogen-bond acceptors (Lipinski definition) is 8. The van der Waals surface area contributed by atoms with Crippen molar-refractivity contribution in [3.8, 4) is 0 Å². The maximum atomic E-state index is 11.9. The molecular weight excluding hydrogens is 312 g/mol. The molecule has 1 saturated heterocycles. The van der Waals surface area contributed by atoms with Gasteiger partial charge in [0, 0.05) is 19.4 Å². The molecule has 1 aromatic heterocycles. The number of nitrogens with zero attached hydrogens (tertiary/aromatic N) is 1. The van der Waals surface area contributed by atoms with Crippen LogP contribution in [0.15, 0.2) is 21.9 Å². The Balaban J connectivity index is 2.41. The summed E-state index contributed by atoms with van der Waals surface area (Å²) in [6.45, 7) is 1.11. The van der Waals surface area contributed by atoms with Crippen molar-refractivity contribution in [3.05, 3.63) is 33.1 Å². The van der Waals surface area contributed by atoms with Crippen LogP contribution in [0.4, 0.5) is 0 Å². The summed E-state index contributed by atoms with van der Waals surface area (Å²) in [5.41, 5.74) is -1.48. The van der Waals surface area contributed by atoms with E-state index in [0.29, 0.717) is 0 Å². The zero-order chi connectivity index (χ0) is 17.2. The predicted molar refractivity (Wildman–Crippen MR) is 75.7 cm³/mol. The lowest BCUT2D eigenvalue weighted by Gasteiger charge is -2.33. The van der Waals surface area contributed by atoms with Gasteiger partial charge in [-0.1, -0.05) is 0 Å². The third-order valence-corrected chi connectivity index (χ3v) is 3.51. The summed E-state index contributed by atoms with van der Waals surface area (Å²) in [6, 6.07) is 1.06. The van der Waals surface area contributed by atoms with Gasteiger partial charge in [0.2, 0.25) is 5.79 Å². The fraction of sp³-hybridized carbons (Fsp3) is 0.692. The average molecular weight is 332 g/mol. The van der Waals surface area contributed by atoms with Crippen LogP contribution in [0.5, 0.6) is 0 Å². The van der Waals surface area contributed by atoms with Crippen LogP contribution in [-0.2, 0) is 14.2 Å². The van der Waals surface area contributed by atoms with Crippen LogP contribution in [0.1, 0.15) is 13.2 Å². The Labute approximate surface area is 130 Å². The van der Waals surface area contributed by atoms with E-state index in [1.807, 2.05) is 4.98 Å². The molecule has 0 bridgehead atoms. The van der Waals surface area contributed by atoms with Gasteiger partial charge < -0.3 is 29.5 Å². The lowest BCUT2D eigenvalue weighted by Crippen LogP contribution is -2.53.